The fraction of sp³-hybridized carbons (Fsp3) is 0.606. The number of benzene rings is 2. The summed E-state index contributed by atoms with van der Waals surface area (Å²) in [5.41, 5.74) is 4.69. The van der Waals surface area contributed by atoms with Crippen molar-refractivity contribution in [2.45, 2.75) is 112 Å². The number of carbonyl (C=O) groups excluding carboxylic acids is 1. The molecule has 40 heavy (non-hydrogen) atoms. The van der Waals surface area contributed by atoms with Crippen LogP contribution in [0.2, 0.25) is 26.2 Å². The van der Waals surface area contributed by atoms with E-state index in [4.69, 9.17) is 18.3 Å². The molecule has 0 heterocycles. The highest BCUT2D eigenvalue weighted by molar-refractivity contribution is 6.48. The molecule has 2 unspecified atom stereocenters. The second-order valence-corrected chi connectivity index (χ2v) is 18.3. The highest BCUT2D eigenvalue weighted by Gasteiger charge is 2.36. The number of rotatable bonds is 14. The number of ether oxygens (including phenoxy) is 2. The van der Waals surface area contributed by atoms with E-state index in [0.29, 0.717) is 13.0 Å². The summed E-state index contributed by atoms with van der Waals surface area (Å²) in [5.74, 6) is 0.708. The van der Waals surface area contributed by atoms with E-state index in [1.807, 2.05) is 12.1 Å². The molecule has 7 heteroatoms. The molecule has 0 aliphatic carbocycles. The third kappa shape index (κ3) is 11.1. The van der Waals surface area contributed by atoms with Crippen molar-refractivity contribution < 1.29 is 23.1 Å². The van der Waals surface area contributed by atoms with E-state index in [2.05, 4.69) is 98.1 Å². The van der Waals surface area contributed by atoms with E-state index < -0.39 is 18.1 Å². The van der Waals surface area contributed by atoms with Crippen molar-refractivity contribution in [2.75, 3.05) is 7.11 Å². The lowest BCUT2D eigenvalue weighted by Crippen LogP contribution is -2.31. The molecule has 2 rings (SSSR count). The van der Waals surface area contributed by atoms with Gasteiger partial charge in [0.1, 0.15) is 12.4 Å². The van der Waals surface area contributed by atoms with Gasteiger partial charge in [-0.3, -0.25) is 4.79 Å². The lowest BCUT2D eigenvalue weighted by molar-refractivity contribution is -0.140. The molecule has 0 radical (unpaired) electrons. The van der Waals surface area contributed by atoms with E-state index in [0.717, 1.165) is 30.6 Å². The molecule has 0 bridgehead atoms. The summed E-state index contributed by atoms with van der Waals surface area (Å²) in [6.07, 6.45) is 3.11. The number of hydrogen-bond acceptors (Lipinski definition) is 5. The van der Waals surface area contributed by atoms with Gasteiger partial charge in [-0.25, -0.2) is 0 Å². The maximum absolute atomic E-state index is 11.4. The Hall–Kier alpha value is -1.94. The smallest absolute Gasteiger partial charge is 0.305 e. The van der Waals surface area contributed by atoms with Crippen molar-refractivity contribution in [1.29, 1.82) is 0 Å². The Bertz CT molecular complexity index is 1070. The van der Waals surface area contributed by atoms with Crippen LogP contribution in [0.3, 0.4) is 0 Å². The number of hydrogen-bond donors (Lipinski definition) is 0. The lowest BCUT2D eigenvalue weighted by Gasteiger charge is -2.39. The normalized spacial score (nSPS) is 13.9. The summed E-state index contributed by atoms with van der Waals surface area (Å²) in [4.78, 5) is 11.4. The highest BCUT2D eigenvalue weighted by Crippen LogP contribution is 2.45. The number of aryl methyl sites for hydroxylation is 1. The molecular formula is C33H54O5Si2. The quantitative estimate of drug-likeness (QED) is 0.127. The van der Waals surface area contributed by atoms with Gasteiger partial charge in [-0.2, -0.15) is 0 Å². The topological polar surface area (TPSA) is 54.0 Å². The molecule has 2 aromatic rings. The standard InChI is InChI=1S/C33H54O5Si2/c1-32(2,3)30(37-39(8)9)27-20-19-25(22-28(27)31(33(4,5)6)38-40(10)11)23-36-26-17-14-16-24(21-26)15-12-13-18-29(34)35-7/h14,16-17,19-22,30-31,39-40H,12-13,15,18,23H2,1-11H3. The summed E-state index contributed by atoms with van der Waals surface area (Å²) in [6, 6.07) is 15.0. The van der Waals surface area contributed by atoms with Gasteiger partial charge < -0.3 is 18.3 Å². The lowest BCUT2D eigenvalue weighted by atomic mass is 9.77. The van der Waals surface area contributed by atoms with Gasteiger partial charge in [0.15, 0.2) is 18.1 Å². The summed E-state index contributed by atoms with van der Waals surface area (Å²) < 4.78 is 24.5. The van der Waals surface area contributed by atoms with Crippen LogP contribution in [0.4, 0.5) is 0 Å². The summed E-state index contributed by atoms with van der Waals surface area (Å²) in [6.45, 7) is 23.0. The van der Waals surface area contributed by atoms with Crippen LogP contribution in [0.25, 0.3) is 0 Å². The van der Waals surface area contributed by atoms with Gasteiger partial charge in [0, 0.05) is 6.42 Å². The molecule has 0 saturated heterocycles. The Labute approximate surface area is 247 Å². The Kier molecular flexibility index (Phi) is 13.1. The maximum Gasteiger partial charge on any atom is 0.305 e. The zero-order valence-electron chi connectivity index (χ0n) is 26.9. The first kappa shape index (κ1) is 34.3. The third-order valence-corrected chi connectivity index (χ3v) is 8.37. The molecule has 0 aliphatic rings. The molecule has 224 valence electrons. The molecular weight excluding hydrogens is 533 g/mol. The van der Waals surface area contributed by atoms with Crippen LogP contribution in [0, 0.1) is 10.8 Å². The molecule has 0 fully saturated rings. The second-order valence-electron chi connectivity index (χ2n) is 13.5. The van der Waals surface area contributed by atoms with Crippen molar-refractivity contribution in [2.24, 2.45) is 10.8 Å². The monoisotopic (exact) mass is 586 g/mol. The van der Waals surface area contributed by atoms with Crippen molar-refractivity contribution in [3.05, 3.63) is 64.7 Å². The zero-order chi connectivity index (χ0) is 30.1. The molecule has 2 atom stereocenters. The predicted octanol–water partition coefficient (Wildman–Crippen LogP) is 8.33. The average molecular weight is 587 g/mol. The van der Waals surface area contributed by atoms with E-state index in [9.17, 15) is 4.79 Å². The second kappa shape index (κ2) is 15.3. The Morgan fingerprint density at radius 1 is 0.775 bits per heavy atom. The molecule has 0 aliphatic heterocycles. The number of esters is 1. The first-order valence-corrected chi connectivity index (χ1v) is 20.4. The molecule has 0 amide bonds. The first-order valence-electron chi connectivity index (χ1n) is 14.8. The minimum Gasteiger partial charge on any atom is -0.489 e. The van der Waals surface area contributed by atoms with Gasteiger partial charge in [0.25, 0.3) is 0 Å². The molecule has 0 spiro atoms. The van der Waals surface area contributed by atoms with Crippen LogP contribution in [0.1, 0.15) is 95.3 Å². The molecule has 0 aromatic heterocycles. The minimum atomic E-state index is -1.32. The van der Waals surface area contributed by atoms with Crippen molar-refractivity contribution >= 4 is 24.0 Å². The fourth-order valence-electron chi connectivity index (χ4n) is 4.87. The SMILES string of the molecule is COC(=O)CCCCc1cccc(OCc2ccc(C(O[SiH](C)C)C(C)(C)C)c(C(O[SiH](C)C)C(C)(C)C)c2)c1. The van der Waals surface area contributed by atoms with Crippen LogP contribution in [-0.2, 0) is 31.4 Å². The summed E-state index contributed by atoms with van der Waals surface area (Å²) in [7, 11) is -1.17. The third-order valence-electron chi connectivity index (χ3n) is 6.73. The van der Waals surface area contributed by atoms with Crippen LogP contribution in [0.15, 0.2) is 42.5 Å². The molecule has 5 nitrogen and oxygen atoms in total. The highest BCUT2D eigenvalue weighted by atomic mass is 28.3. The Balaban J connectivity index is 2.34. The maximum atomic E-state index is 11.4. The molecule has 2 aromatic carbocycles. The van der Waals surface area contributed by atoms with E-state index in [-0.39, 0.29) is 29.0 Å². The van der Waals surface area contributed by atoms with Gasteiger partial charge in [-0.05, 0) is 96.7 Å². The van der Waals surface area contributed by atoms with Gasteiger partial charge in [0.2, 0.25) is 0 Å². The van der Waals surface area contributed by atoms with Gasteiger partial charge in [0.05, 0.1) is 19.3 Å². The predicted molar refractivity (Wildman–Crippen MR) is 171 cm³/mol. The van der Waals surface area contributed by atoms with Crippen LogP contribution >= 0.6 is 0 Å². The van der Waals surface area contributed by atoms with Gasteiger partial charge in [-0.15, -0.1) is 0 Å². The summed E-state index contributed by atoms with van der Waals surface area (Å²) in [5, 5.41) is 0. The van der Waals surface area contributed by atoms with Crippen LogP contribution < -0.4 is 4.74 Å². The summed E-state index contributed by atoms with van der Waals surface area (Å²) >= 11 is 0. The first-order chi connectivity index (χ1) is 18.6. The fourth-order valence-corrected chi connectivity index (χ4v) is 7.07. The number of unbranched alkanes of at least 4 members (excludes halogenated alkanes) is 1. The van der Waals surface area contributed by atoms with Crippen LogP contribution in [-0.4, -0.2) is 31.2 Å². The largest absolute Gasteiger partial charge is 0.489 e. The Morgan fingerprint density at radius 3 is 1.93 bits per heavy atom. The number of carbonyl (C=O) groups is 1. The average Bonchev–Trinajstić information content (AvgIpc) is 2.86. The van der Waals surface area contributed by atoms with E-state index in [1.165, 1.54) is 23.8 Å². The zero-order valence-corrected chi connectivity index (χ0v) is 29.2. The Morgan fingerprint density at radius 2 is 1.38 bits per heavy atom. The van der Waals surface area contributed by atoms with Crippen molar-refractivity contribution in [3.63, 3.8) is 0 Å². The number of methoxy groups -OCH3 is 1. The molecule has 0 saturated carbocycles. The van der Waals surface area contributed by atoms with Gasteiger partial charge in [-0.1, -0.05) is 65.8 Å². The molecule has 0 N–H and O–H groups in total. The van der Waals surface area contributed by atoms with Gasteiger partial charge >= 0.3 is 5.97 Å². The van der Waals surface area contributed by atoms with Crippen molar-refractivity contribution in [1.82, 2.24) is 0 Å². The van der Waals surface area contributed by atoms with Crippen LogP contribution in [0.5, 0.6) is 5.75 Å². The van der Waals surface area contributed by atoms with E-state index >= 15 is 0 Å². The van der Waals surface area contributed by atoms with E-state index in [1.54, 1.807) is 0 Å². The van der Waals surface area contributed by atoms with Crippen molar-refractivity contribution in [3.8, 4) is 5.75 Å². The minimum absolute atomic E-state index is 0.00211.